The second kappa shape index (κ2) is 49.0. The molecule has 137 heavy (non-hydrogen) atoms. The first-order valence-corrected chi connectivity index (χ1v) is 51.5. The lowest BCUT2D eigenvalue weighted by Gasteiger charge is -2.53. The zero-order valence-electron chi connectivity index (χ0n) is 79.5. The lowest BCUT2D eigenvalue weighted by Crippen LogP contribution is -2.64. The molecule has 0 amide bonds. The van der Waals surface area contributed by atoms with E-state index < -0.39 is 117 Å². The van der Waals surface area contributed by atoms with Gasteiger partial charge in [0.2, 0.25) is 0 Å². The molecule has 0 radical (unpaired) electrons. The number of nitrogens with one attached hydrogen (secondary N) is 3. The Labute approximate surface area is 824 Å². The summed E-state index contributed by atoms with van der Waals surface area (Å²) in [5.74, 6) is 0. The lowest BCUT2D eigenvalue weighted by atomic mass is 9.75. The number of halogens is 3. The number of hydrogen-bond donors (Lipinski definition) is 9. The molecule has 25 nitrogen and oxygen atoms in total. The predicted molar refractivity (Wildman–Crippen MR) is 536 cm³/mol. The minimum atomic E-state index is -5.50. The van der Waals surface area contributed by atoms with Crippen molar-refractivity contribution in [3.05, 3.63) is 358 Å². The summed E-state index contributed by atoms with van der Waals surface area (Å²) in [6.07, 6.45) is 3.99. The number of benzene rings is 9. The van der Waals surface area contributed by atoms with E-state index in [0.717, 1.165) is 122 Å². The molecule has 15 atom stereocenters. The number of aliphatic hydroxyl groups is 6. The van der Waals surface area contributed by atoms with Crippen molar-refractivity contribution < 1.29 is 63.3 Å². The van der Waals surface area contributed by atoms with E-state index in [1.165, 1.54) is 0 Å². The van der Waals surface area contributed by atoms with E-state index in [1.54, 1.807) is 54.1 Å². The van der Waals surface area contributed by atoms with Gasteiger partial charge in [-0.05, 0) is 126 Å². The number of morpholine rings is 3. The van der Waals surface area contributed by atoms with Crippen LogP contribution in [0.5, 0.6) is 0 Å². The van der Waals surface area contributed by atoms with E-state index in [2.05, 4.69) is 161 Å². The molecule has 3 fully saturated rings. The molecule has 15 rings (SSSR count). The van der Waals surface area contributed by atoms with Crippen LogP contribution in [0.2, 0.25) is 0 Å². The Morgan fingerprint density at radius 1 is 0.328 bits per heavy atom. The van der Waals surface area contributed by atoms with Gasteiger partial charge in [0.1, 0.15) is 37.4 Å². The first-order chi connectivity index (χ1) is 66.6. The molecule has 0 spiro atoms. The van der Waals surface area contributed by atoms with Crippen LogP contribution >= 0.6 is 43.2 Å². The summed E-state index contributed by atoms with van der Waals surface area (Å²) >= 11 is 24.3. The van der Waals surface area contributed by atoms with Crippen LogP contribution < -0.4 is 16.0 Å². The fourth-order valence-corrected chi connectivity index (χ4v) is 23.4. The van der Waals surface area contributed by atoms with Gasteiger partial charge in [-0.3, -0.25) is 14.7 Å². The van der Waals surface area contributed by atoms with Gasteiger partial charge in [-0.15, -0.1) is 0 Å². The Morgan fingerprint density at radius 2 is 0.526 bits per heavy atom. The SMILES string of the molecule is CCCCCCC(C[C@H]1CN(C(c2ccccc2)(c2ccccc2)c2ccccc2)C[C@H](N2C=C(C)C(O)NC2O)O1)N(Cl)OP(=O)(ON(Cl)C(CCCCCC)C[C@H]1CN(C(c2ccccc2)(c2ccccc2)c2ccccc2)C[C@H](N2C=C(C)C(O)NC2O)O1)ON(Cl)C(CCCCCC)C[C@H]1CN(C(c2ccccc2)(c2ccccc2)c2ccccc2)C[C@H](N2C=C(C)C(O)NC2O)O1. The first kappa shape index (κ1) is 103. The minimum Gasteiger partial charge on any atom is -0.374 e. The molecule has 6 heterocycles. The first-order valence-electron chi connectivity index (χ1n) is 49.1. The summed E-state index contributed by atoms with van der Waals surface area (Å²) in [6.45, 7) is 13.4. The molecule has 0 saturated carbocycles. The standard InChI is InChI=1S/C108H138Cl3N12O13P/c1-7-10-13-43-64-91(67-94-73-115(76-97(131-94)118-70-79(4)100(124)112-103(118)127)106(82-46-25-16-26-47-82,83-48-27-17-28-49-83)84-50-29-18-30-51-84)121(109)134-137(130,135-122(110)92(65-44-14-11-8-2)68-95-74-116(77-98(132-95)119-71-80(5)101(125)113-104(119)128)107(85-52-31-19-32-53-85,86-54-33-20-34-55-86)87-56-35-21-36-57-87)136-123(111)93(66-45-15-12-9-3)69-96-75-117(78-99(133-96)120-72-81(6)102(126)114-105(120)129)108(88-58-37-22-38-59-88,89-60-39-23-40-61-89)90-62-41-24-42-63-90/h16-42,46-63,70-72,91-105,112-114,124-129H,7-15,43-45,64-69,73-78H2,1-6H3/t91?,92?,93?,94-,95-,96-,97+,98+,99+,100?,101?,102?,103?,104?,105?,137?/m0/s1. The van der Waals surface area contributed by atoms with Crippen molar-refractivity contribution in [1.29, 1.82) is 0 Å². The fraction of sp³-hybridized carbons (Fsp3) is 0.444. The van der Waals surface area contributed by atoms with Gasteiger partial charge in [-0.1, -0.05) is 385 Å². The summed E-state index contributed by atoms with van der Waals surface area (Å²) in [5, 5.41) is 79.1. The van der Waals surface area contributed by atoms with E-state index in [0.29, 0.717) is 55.2 Å². The molecule has 9 unspecified atom stereocenters. The van der Waals surface area contributed by atoms with Gasteiger partial charge in [0.15, 0.2) is 19.1 Å². The molecule has 9 N–H and O–H groups in total. The summed E-state index contributed by atoms with van der Waals surface area (Å²) in [6, 6.07) is 90.9. The highest BCUT2D eigenvalue weighted by molar-refractivity contribution is 7.48. The van der Waals surface area contributed by atoms with Crippen molar-refractivity contribution in [3.8, 4) is 0 Å². The maximum Gasteiger partial charge on any atom is 0.528 e. The molecule has 0 aliphatic carbocycles. The van der Waals surface area contributed by atoms with E-state index in [-0.39, 0.29) is 58.5 Å². The van der Waals surface area contributed by atoms with Crippen LogP contribution in [-0.2, 0) is 49.3 Å². The third-order valence-electron chi connectivity index (χ3n) is 27.9. The van der Waals surface area contributed by atoms with Crippen molar-refractivity contribution in [2.75, 3.05) is 39.3 Å². The quantitative estimate of drug-likeness (QED) is 0.00565. The van der Waals surface area contributed by atoms with Crippen molar-refractivity contribution >= 4 is 43.2 Å². The Balaban J connectivity index is 0.850. The van der Waals surface area contributed by atoms with Crippen LogP contribution in [0, 0.1) is 0 Å². The van der Waals surface area contributed by atoms with Crippen LogP contribution in [-0.4, -0.2) is 206 Å². The number of ether oxygens (including phenoxy) is 3. The van der Waals surface area contributed by atoms with E-state index in [1.807, 2.05) is 164 Å². The molecule has 6 aliphatic heterocycles. The third kappa shape index (κ3) is 24.3. The van der Waals surface area contributed by atoms with Crippen molar-refractivity contribution in [3.63, 3.8) is 0 Å². The van der Waals surface area contributed by atoms with Crippen LogP contribution in [0.15, 0.2) is 308 Å². The average Bonchev–Trinajstić information content (AvgIpc) is 0.735. The van der Waals surface area contributed by atoms with Gasteiger partial charge < -0.3 is 59.5 Å². The van der Waals surface area contributed by atoms with E-state index in [4.69, 9.17) is 63.4 Å². The minimum absolute atomic E-state index is 0.124. The molecule has 0 bridgehead atoms. The smallest absolute Gasteiger partial charge is 0.374 e. The monoisotopic (exact) mass is 1950 g/mol. The average molecular weight is 1950 g/mol. The van der Waals surface area contributed by atoms with Crippen LogP contribution in [0.25, 0.3) is 0 Å². The Morgan fingerprint density at radius 3 is 0.715 bits per heavy atom. The van der Waals surface area contributed by atoms with Crippen molar-refractivity contribution in [2.45, 2.75) is 267 Å². The molecule has 29 heteroatoms. The Hall–Kier alpha value is -8.14. The second-order valence-electron chi connectivity index (χ2n) is 37.3. The summed E-state index contributed by atoms with van der Waals surface area (Å²) in [4.78, 5) is 12.3. The number of unbranched alkanes of at least 4 members (excludes halogenated alkanes) is 9. The molecule has 734 valence electrons. The van der Waals surface area contributed by atoms with Crippen LogP contribution in [0.1, 0.15) is 207 Å². The van der Waals surface area contributed by atoms with Gasteiger partial charge in [-0.2, -0.15) is 13.9 Å². The number of hydroxylamine groups is 3. The number of nitrogens with zero attached hydrogens (tertiary/aromatic N) is 9. The van der Waals surface area contributed by atoms with E-state index in [9.17, 15) is 30.6 Å². The largest absolute Gasteiger partial charge is 0.528 e. The number of rotatable bonds is 45. The van der Waals surface area contributed by atoms with Gasteiger partial charge in [0.05, 0.1) is 53.1 Å². The number of hydrogen-bond acceptors (Lipinski definition) is 25. The van der Waals surface area contributed by atoms with Crippen LogP contribution in [0.4, 0.5) is 0 Å². The van der Waals surface area contributed by atoms with Crippen molar-refractivity contribution in [1.82, 2.24) is 59.1 Å². The van der Waals surface area contributed by atoms with Crippen LogP contribution in [0.3, 0.4) is 0 Å². The molecular weight excluding hydrogens is 1810 g/mol. The Kier molecular flexibility index (Phi) is 36.9. The highest BCUT2D eigenvalue weighted by atomic mass is 35.5. The predicted octanol–water partition coefficient (Wildman–Crippen LogP) is 18.7. The normalized spacial score (nSPS) is 24.2. The summed E-state index contributed by atoms with van der Waals surface area (Å²) in [7, 11) is -5.50. The molecule has 0 aromatic heterocycles. The maximum atomic E-state index is 17.8. The fourth-order valence-electron chi connectivity index (χ4n) is 21.1. The van der Waals surface area contributed by atoms with E-state index >= 15 is 4.57 Å². The van der Waals surface area contributed by atoms with Gasteiger partial charge in [-0.25, -0.2) is 20.5 Å². The maximum absolute atomic E-state index is 17.8. The summed E-state index contributed by atoms with van der Waals surface area (Å²) < 4.78 is 64.5. The van der Waals surface area contributed by atoms with Gasteiger partial charge in [0, 0.05) is 93.2 Å². The molecule has 9 aromatic carbocycles. The van der Waals surface area contributed by atoms with Gasteiger partial charge in [0.25, 0.3) is 0 Å². The molecule has 9 aromatic rings. The highest BCUT2D eigenvalue weighted by Gasteiger charge is 2.54. The lowest BCUT2D eigenvalue weighted by molar-refractivity contribution is -0.209. The molecule has 6 aliphatic rings. The number of phosphoric acid groups is 1. The van der Waals surface area contributed by atoms with Crippen molar-refractivity contribution in [2.24, 2.45) is 0 Å². The third-order valence-corrected chi connectivity index (χ3v) is 30.3. The topological polar surface area (TPSA) is 259 Å². The zero-order valence-corrected chi connectivity index (χ0v) is 82.7. The zero-order chi connectivity index (χ0) is 96.1. The highest BCUT2D eigenvalue weighted by Crippen LogP contribution is 2.57. The Bertz CT molecular complexity index is 4490. The second-order valence-corrected chi connectivity index (χ2v) is 39.7. The molecule has 3 saturated heterocycles. The number of aliphatic hydroxyl groups excluding tert-OH is 6. The molecular formula is C108H138Cl3N12O13P. The summed E-state index contributed by atoms with van der Waals surface area (Å²) in [5.41, 5.74) is 7.46. The van der Waals surface area contributed by atoms with Gasteiger partial charge >= 0.3 is 7.82 Å².